The number of aromatic nitrogens is 3. The molecule has 1 atom stereocenters. The highest BCUT2D eigenvalue weighted by Crippen LogP contribution is 2.37. The number of para-hydroxylation sites is 3. The van der Waals surface area contributed by atoms with Gasteiger partial charge in [0, 0.05) is 16.5 Å². The molecular weight excluding hydrogens is 418 g/mol. The molecule has 0 N–H and O–H groups in total. The van der Waals surface area contributed by atoms with Crippen LogP contribution in [0.4, 0.5) is 0 Å². The summed E-state index contributed by atoms with van der Waals surface area (Å²) in [6, 6.07) is 25.6. The van der Waals surface area contributed by atoms with Crippen molar-refractivity contribution in [1.82, 2.24) is 14.8 Å². The number of thioether (sulfide) groups is 1. The molecule has 0 bridgehead atoms. The number of nitrogens with zero attached hydrogens (tertiary/aromatic N) is 3. The topological polar surface area (TPSA) is 49.2 Å². The molecule has 150 valence electrons. The van der Waals surface area contributed by atoms with Crippen LogP contribution < -0.4 is 9.47 Å². The quantitative estimate of drug-likeness (QED) is 0.375. The van der Waals surface area contributed by atoms with E-state index in [0.717, 1.165) is 27.4 Å². The number of benzene rings is 3. The van der Waals surface area contributed by atoms with Crippen molar-refractivity contribution >= 4 is 23.4 Å². The first-order valence-electron chi connectivity index (χ1n) is 9.54. The molecule has 1 aromatic heterocycles. The Hall–Kier alpha value is -2.96. The maximum absolute atomic E-state index is 6.20. The Morgan fingerprint density at radius 3 is 2.43 bits per heavy atom. The molecule has 2 heterocycles. The van der Waals surface area contributed by atoms with Crippen molar-refractivity contribution in [3.8, 4) is 17.2 Å². The third-order valence-corrected chi connectivity index (χ3v) is 6.00. The predicted molar refractivity (Wildman–Crippen MR) is 118 cm³/mol. The van der Waals surface area contributed by atoms with Gasteiger partial charge in [0.1, 0.15) is 6.61 Å². The van der Waals surface area contributed by atoms with Gasteiger partial charge in [0.05, 0.1) is 0 Å². The third-order valence-electron chi connectivity index (χ3n) is 4.75. The first-order valence-corrected chi connectivity index (χ1v) is 10.9. The second-order valence-corrected chi connectivity index (χ2v) is 8.17. The minimum absolute atomic E-state index is 0.350. The van der Waals surface area contributed by atoms with Crippen LogP contribution >= 0.6 is 23.4 Å². The van der Waals surface area contributed by atoms with Gasteiger partial charge in [-0.25, -0.2) is 0 Å². The summed E-state index contributed by atoms with van der Waals surface area (Å²) < 4.78 is 14.1. The number of ether oxygens (including phenoxy) is 2. The lowest BCUT2D eigenvalue weighted by atomic mass is 10.2. The number of fused-ring (bicyclic) bond motifs is 1. The maximum Gasteiger partial charge on any atom is 0.196 e. The number of halogens is 1. The molecule has 0 amide bonds. The van der Waals surface area contributed by atoms with Crippen LogP contribution in [-0.4, -0.2) is 21.4 Å². The van der Waals surface area contributed by atoms with E-state index in [2.05, 4.69) is 10.2 Å². The standard InChI is InChI=1S/C23H18ClN3O2S/c24-17-12-10-16(11-13-17)15-30-23-26-25-22(27(23)18-6-2-1-3-7-18)21-14-28-19-8-4-5-9-20(19)29-21/h1-13,21H,14-15H2/t21-/m1/s1. The molecule has 0 saturated heterocycles. The highest BCUT2D eigenvalue weighted by molar-refractivity contribution is 7.98. The van der Waals surface area contributed by atoms with E-state index < -0.39 is 0 Å². The van der Waals surface area contributed by atoms with Crippen molar-refractivity contribution in [3.05, 3.63) is 95.3 Å². The number of hydrogen-bond acceptors (Lipinski definition) is 5. The molecule has 5 nitrogen and oxygen atoms in total. The van der Waals surface area contributed by atoms with Gasteiger partial charge in [0.25, 0.3) is 0 Å². The summed E-state index contributed by atoms with van der Waals surface area (Å²) in [5.74, 6) is 2.94. The van der Waals surface area contributed by atoms with Crippen LogP contribution in [0, 0.1) is 0 Å². The Kier molecular flexibility index (Phi) is 5.34. The van der Waals surface area contributed by atoms with Crippen molar-refractivity contribution in [2.24, 2.45) is 0 Å². The largest absolute Gasteiger partial charge is 0.485 e. The average molecular weight is 436 g/mol. The molecule has 0 fully saturated rings. The smallest absolute Gasteiger partial charge is 0.196 e. The Labute approximate surface area is 183 Å². The van der Waals surface area contributed by atoms with Crippen molar-refractivity contribution < 1.29 is 9.47 Å². The van der Waals surface area contributed by atoms with Gasteiger partial charge in [0.15, 0.2) is 28.6 Å². The van der Waals surface area contributed by atoms with Gasteiger partial charge in [-0.2, -0.15) is 0 Å². The molecule has 0 spiro atoms. The zero-order chi connectivity index (χ0) is 20.3. The maximum atomic E-state index is 6.20. The molecule has 30 heavy (non-hydrogen) atoms. The molecule has 0 saturated carbocycles. The molecule has 7 heteroatoms. The Morgan fingerprint density at radius 1 is 0.900 bits per heavy atom. The number of rotatable bonds is 5. The van der Waals surface area contributed by atoms with Gasteiger partial charge in [-0.05, 0) is 42.0 Å². The Bertz CT molecular complexity index is 1150. The lowest BCUT2D eigenvalue weighted by Gasteiger charge is -2.26. The Balaban J connectivity index is 1.47. The summed E-state index contributed by atoms with van der Waals surface area (Å²) in [5.41, 5.74) is 2.15. The van der Waals surface area contributed by atoms with Gasteiger partial charge in [-0.1, -0.05) is 65.8 Å². The fourth-order valence-corrected chi connectivity index (χ4v) is 4.32. The molecule has 0 unspecified atom stereocenters. The van der Waals surface area contributed by atoms with Gasteiger partial charge < -0.3 is 9.47 Å². The van der Waals surface area contributed by atoms with E-state index in [9.17, 15) is 0 Å². The molecule has 0 aliphatic carbocycles. The van der Waals surface area contributed by atoms with Gasteiger partial charge in [0.2, 0.25) is 0 Å². The van der Waals surface area contributed by atoms with Crippen LogP contribution in [0.3, 0.4) is 0 Å². The molecule has 5 rings (SSSR count). The lowest BCUT2D eigenvalue weighted by Crippen LogP contribution is -2.24. The predicted octanol–water partition coefficient (Wildman–Crippen LogP) is 5.73. The molecule has 1 aliphatic rings. The summed E-state index contributed by atoms with van der Waals surface area (Å²) in [7, 11) is 0. The second-order valence-electron chi connectivity index (χ2n) is 6.79. The van der Waals surface area contributed by atoms with Gasteiger partial charge in [-0.3, -0.25) is 4.57 Å². The summed E-state index contributed by atoms with van der Waals surface area (Å²) in [4.78, 5) is 0. The van der Waals surface area contributed by atoms with Crippen LogP contribution in [0.15, 0.2) is 84.0 Å². The Morgan fingerprint density at radius 2 is 1.63 bits per heavy atom. The average Bonchev–Trinajstić information content (AvgIpc) is 3.23. The van der Waals surface area contributed by atoms with Crippen LogP contribution in [-0.2, 0) is 5.75 Å². The van der Waals surface area contributed by atoms with E-state index >= 15 is 0 Å². The highest BCUT2D eigenvalue weighted by atomic mass is 35.5. The van der Waals surface area contributed by atoms with E-state index in [1.54, 1.807) is 11.8 Å². The summed E-state index contributed by atoms with van der Waals surface area (Å²) >= 11 is 7.62. The third kappa shape index (κ3) is 3.88. The van der Waals surface area contributed by atoms with E-state index in [-0.39, 0.29) is 6.10 Å². The fraction of sp³-hybridized carbons (Fsp3) is 0.130. The summed E-state index contributed by atoms with van der Waals surface area (Å²) in [5, 5.41) is 10.5. The monoisotopic (exact) mass is 435 g/mol. The molecule has 4 aromatic rings. The SMILES string of the molecule is Clc1ccc(CSc2nnc([C@H]3COc4ccccc4O3)n2-c2ccccc2)cc1. The van der Waals surface area contributed by atoms with E-state index in [1.807, 2.05) is 83.4 Å². The van der Waals surface area contributed by atoms with Crippen LogP contribution in [0.25, 0.3) is 5.69 Å². The fourth-order valence-electron chi connectivity index (χ4n) is 3.28. The van der Waals surface area contributed by atoms with Crippen molar-refractivity contribution in [2.75, 3.05) is 6.61 Å². The first kappa shape index (κ1) is 19.0. The van der Waals surface area contributed by atoms with Crippen LogP contribution in [0.5, 0.6) is 11.5 Å². The van der Waals surface area contributed by atoms with Crippen molar-refractivity contribution in [3.63, 3.8) is 0 Å². The molecule has 3 aromatic carbocycles. The minimum atomic E-state index is -0.350. The highest BCUT2D eigenvalue weighted by Gasteiger charge is 2.29. The van der Waals surface area contributed by atoms with Crippen molar-refractivity contribution in [1.29, 1.82) is 0 Å². The zero-order valence-electron chi connectivity index (χ0n) is 15.9. The van der Waals surface area contributed by atoms with E-state index in [1.165, 1.54) is 5.56 Å². The summed E-state index contributed by atoms with van der Waals surface area (Å²) in [6.07, 6.45) is -0.350. The summed E-state index contributed by atoms with van der Waals surface area (Å²) in [6.45, 7) is 0.379. The van der Waals surface area contributed by atoms with E-state index in [0.29, 0.717) is 18.2 Å². The molecule has 1 aliphatic heterocycles. The normalized spacial score (nSPS) is 15.2. The van der Waals surface area contributed by atoms with E-state index in [4.69, 9.17) is 21.1 Å². The minimum Gasteiger partial charge on any atom is -0.485 e. The van der Waals surface area contributed by atoms with Crippen molar-refractivity contribution in [2.45, 2.75) is 17.0 Å². The lowest BCUT2D eigenvalue weighted by molar-refractivity contribution is 0.0835. The molecule has 0 radical (unpaired) electrons. The molecular formula is C23H18ClN3O2S. The zero-order valence-corrected chi connectivity index (χ0v) is 17.5. The first-order chi connectivity index (χ1) is 14.8. The van der Waals surface area contributed by atoms with Gasteiger partial charge in [-0.15, -0.1) is 10.2 Å². The van der Waals surface area contributed by atoms with Gasteiger partial charge >= 0.3 is 0 Å². The van der Waals surface area contributed by atoms with Crippen LogP contribution in [0.2, 0.25) is 5.02 Å². The number of hydrogen-bond donors (Lipinski definition) is 0. The second kappa shape index (κ2) is 8.42. The van der Waals surface area contributed by atoms with Crippen LogP contribution in [0.1, 0.15) is 17.5 Å².